The molecule has 0 saturated heterocycles. The molecule has 156 valence electrons. The first kappa shape index (κ1) is 21.7. The fourth-order valence-electron chi connectivity index (χ4n) is 3.20. The number of carboxylic acid groups (broad SMARTS) is 1. The molecule has 0 bridgehead atoms. The van der Waals surface area contributed by atoms with Crippen molar-refractivity contribution >= 4 is 23.0 Å². The lowest BCUT2D eigenvalue weighted by molar-refractivity contribution is 0.0703. The van der Waals surface area contributed by atoms with Gasteiger partial charge in [-0.15, -0.1) is 11.3 Å². The van der Waals surface area contributed by atoms with Gasteiger partial charge in [0.05, 0.1) is 16.1 Å². The number of rotatable bonds is 5. The zero-order valence-electron chi connectivity index (χ0n) is 17.4. The number of nitrogens with zero attached hydrogens (tertiary/aromatic N) is 2. The SMILES string of the molecule is CC(C)(C)C#Cc1cc(N[C@H]2CC[C@H](Oc3ccc(C#N)cn3)CC2)c(C(=O)O)s1. The van der Waals surface area contributed by atoms with Crippen molar-refractivity contribution in [1.82, 2.24) is 4.98 Å². The van der Waals surface area contributed by atoms with E-state index >= 15 is 0 Å². The second-order valence-corrected chi connectivity index (χ2v) is 9.44. The summed E-state index contributed by atoms with van der Waals surface area (Å²) in [6.07, 6.45) is 5.02. The molecule has 0 spiro atoms. The highest BCUT2D eigenvalue weighted by atomic mass is 32.1. The molecule has 2 heterocycles. The van der Waals surface area contributed by atoms with Gasteiger partial charge in [-0.3, -0.25) is 0 Å². The molecule has 7 heteroatoms. The van der Waals surface area contributed by atoms with Gasteiger partial charge in [-0.05, 0) is 58.6 Å². The van der Waals surface area contributed by atoms with Crippen molar-refractivity contribution in [3.8, 4) is 23.8 Å². The van der Waals surface area contributed by atoms with Crippen LogP contribution in [0.4, 0.5) is 5.69 Å². The van der Waals surface area contributed by atoms with Crippen molar-refractivity contribution in [3.63, 3.8) is 0 Å². The van der Waals surface area contributed by atoms with Gasteiger partial charge in [0.25, 0.3) is 0 Å². The van der Waals surface area contributed by atoms with E-state index in [2.05, 4.69) is 22.1 Å². The van der Waals surface area contributed by atoms with Gasteiger partial charge in [0.2, 0.25) is 5.88 Å². The summed E-state index contributed by atoms with van der Waals surface area (Å²) in [5, 5.41) is 21.8. The number of aromatic carboxylic acids is 1. The van der Waals surface area contributed by atoms with Crippen LogP contribution in [0.25, 0.3) is 0 Å². The molecule has 0 aromatic carbocycles. The number of pyridine rings is 1. The second kappa shape index (κ2) is 9.19. The summed E-state index contributed by atoms with van der Waals surface area (Å²) in [5.41, 5.74) is 1.01. The topological polar surface area (TPSA) is 95.2 Å². The van der Waals surface area contributed by atoms with Crippen molar-refractivity contribution in [3.05, 3.63) is 39.7 Å². The molecule has 3 rings (SSSR count). The molecule has 0 unspecified atom stereocenters. The second-order valence-electron chi connectivity index (χ2n) is 8.39. The maximum absolute atomic E-state index is 11.7. The summed E-state index contributed by atoms with van der Waals surface area (Å²) in [7, 11) is 0. The number of carbonyl (C=O) groups is 1. The van der Waals surface area contributed by atoms with Gasteiger partial charge < -0.3 is 15.2 Å². The highest BCUT2D eigenvalue weighted by molar-refractivity contribution is 7.15. The fourth-order valence-corrected chi connectivity index (χ4v) is 4.01. The Bertz CT molecular complexity index is 996. The number of hydrogen-bond acceptors (Lipinski definition) is 6. The third-order valence-electron chi connectivity index (χ3n) is 4.67. The first-order chi connectivity index (χ1) is 14.2. The molecule has 6 nitrogen and oxygen atoms in total. The van der Waals surface area contributed by atoms with Gasteiger partial charge in [0, 0.05) is 23.7 Å². The Morgan fingerprint density at radius 1 is 1.30 bits per heavy atom. The third-order valence-corrected chi connectivity index (χ3v) is 5.71. The van der Waals surface area contributed by atoms with E-state index < -0.39 is 5.97 Å². The van der Waals surface area contributed by atoms with Crippen LogP contribution in [0.15, 0.2) is 24.4 Å². The summed E-state index contributed by atoms with van der Waals surface area (Å²) in [5.74, 6) is 5.85. The van der Waals surface area contributed by atoms with E-state index in [4.69, 9.17) is 10.00 Å². The van der Waals surface area contributed by atoms with Crippen LogP contribution >= 0.6 is 11.3 Å². The minimum atomic E-state index is -0.935. The lowest BCUT2D eigenvalue weighted by Gasteiger charge is -2.29. The van der Waals surface area contributed by atoms with Gasteiger partial charge in [0.15, 0.2) is 0 Å². The number of anilines is 1. The highest BCUT2D eigenvalue weighted by Gasteiger charge is 2.25. The quantitative estimate of drug-likeness (QED) is 0.663. The maximum atomic E-state index is 11.7. The molecule has 1 aliphatic carbocycles. The van der Waals surface area contributed by atoms with Gasteiger partial charge in [-0.2, -0.15) is 5.26 Å². The molecule has 2 aromatic rings. The minimum absolute atomic E-state index is 0.0677. The van der Waals surface area contributed by atoms with Crippen molar-refractivity contribution in [2.75, 3.05) is 5.32 Å². The van der Waals surface area contributed by atoms with E-state index in [1.807, 2.05) is 32.9 Å². The summed E-state index contributed by atoms with van der Waals surface area (Å²) < 4.78 is 5.92. The number of thiophene rings is 1. The summed E-state index contributed by atoms with van der Waals surface area (Å²) in [4.78, 5) is 16.9. The van der Waals surface area contributed by atoms with Crippen molar-refractivity contribution in [2.24, 2.45) is 5.41 Å². The lowest BCUT2D eigenvalue weighted by atomic mass is 9.92. The Balaban J connectivity index is 1.59. The monoisotopic (exact) mass is 423 g/mol. The lowest BCUT2D eigenvalue weighted by Crippen LogP contribution is -2.31. The number of nitrogens with one attached hydrogen (secondary N) is 1. The van der Waals surface area contributed by atoms with E-state index in [0.717, 1.165) is 30.6 Å². The van der Waals surface area contributed by atoms with Crippen LogP contribution in [0.3, 0.4) is 0 Å². The molecule has 1 aliphatic rings. The van der Waals surface area contributed by atoms with E-state index in [1.54, 1.807) is 12.1 Å². The average Bonchev–Trinajstić information content (AvgIpc) is 3.11. The number of ether oxygens (including phenoxy) is 1. The molecule has 0 amide bonds. The molecule has 2 N–H and O–H groups in total. The summed E-state index contributed by atoms with van der Waals surface area (Å²) in [6.45, 7) is 6.08. The Morgan fingerprint density at radius 2 is 2.03 bits per heavy atom. The predicted molar refractivity (Wildman–Crippen MR) is 117 cm³/mol. The summed E-state index contributed by atoms with van der Waals surface area (Å²) in [6, 6.07) is 7.48. The zero-order chi connectivity index (χ0) is 21.7. The summed E-state index contributed by atoms with van der Waals surface area (Å²) >= 11 is 1.21. The van der Waals surface area contributed by atoms with Crippen LogP contribution in [0, 0.1) is 28.6 Å². The number of aromatic nitrogens is 1. The normalized spacial score (nSPS) is 18.6. The third kappa shape index (κ3) is 5.98. The molecule has 0 aliphatic heterocycles. The van der Waals surface area contributed by atoms with Crippen LogP contribution < -0.4 is 10.1 Å². The van der Waals surface area contributed by atoms with Crippen LogP contribution in [-0.2, 0) is 0 Å². The van der Waals surface area contributed by atoms with Crippen LogP contribution in [0.2, 0.25) is 0 Å². The fraction of sp³-hybridized carbons (Fsp3) is 0.435. The molecule has 0 atom stereocenters. The Kier molecular flexibility index (Phi) is 6.64. The standard InChI is InChI=1S/C23H25N3O3S/c1-23(2,3)11-10-18-12-19(21(30-18)22(27)28)26-16-5-7-17(8-6-16)29-20-9-4-15(13-24)14-25-20/h4,9,12,14,16-17,26H,5-8H2,1-3H3,(H,27,28)/t16-,17-. The zero-order valence-corrected chi connectivity index (χ0v) is 18.2. The molecule has 1 saturated carbocycles. The number of carboxylic acids is 1. The van der Waals surface area contributed by atoms with Crippen LogP contribution in [0.1, 0.15) is 66.6 Å². The van der Waals surface area contributed by atoms with E-state index in [9.17, 15) is 9.90 Å². The minimum Gasteiger partial charge on any atom is -0.477 e. The Morgan fingerprint density at radius 3 is 2.60 bits per heavy atom. The molecular formula is C23H25N3O3S. The first-order valence-corrected chi connectivity index (χ1v) is 10.7. The number of nitriles is 1. The average molecular weight is 424 g/mol. The van der Waals surface area contributed by atoms with Crippen molar-refractivity contribution in [1.29, 1.82) is 5.26 Å². The van der Waals surface area contributed by atoms with E-state index in [0.29, 0.717) is 22.0 Å². The molecule has 2 aromatic heterocycles. The largest absolute Gasteiger partial charge is 0.477 e. The van der Waals surface area contributed by atoms with E-state index in [-0.39, 0.29) is 17.6 Å². The highest BCUT2D eigenvalue weighted by Crippen LogP contribution is 2.31. The van der Waals surface area contributed by atoms with Gasteiger partial charge in [0.1, 0.15) is 17.1 Å². The maximum Gasteiger partial charge on any atom is 0.348 e. The first-order valence-electron chi connectivity index (χ1n) is 9.93. The van der Waals surface area contributed by atoms with Gasteiger partial charge >= 0.3 is 5.97 Å². The van der Waals surface area contributed by atoms with Gasteiger partial charge in [-0.25, -0.2) is 9.78 Å². The van der Waals surface area contributed by atoms with E-state index in [1.165, 1.54) is 17.5 Å². The van der Waals surface area contributed by atoms with Crippen LogP contribution in [-0.4, -0.2) is 28.2 Å². The Hall–Kier alpha value is -3.03. The smallest absolute Gasteiger partial charge is 0.348 e. The number of hydrogen-bond donors (Lipinski definition) is 2. The molecular weight excluding hydrogens is 398 g/mol. The predicted octanol–water partition coefficient (Wildman–Crippen LogP) is 4.91. The molecule has 1 fully saturated rings. The van der Waals surface area contributed by atoms with Crippen LogP contribution in [0.5, 0.6) is 5.88 Å². The van der Waals surface area contributed by atoms with Gasteiger partial charge in [-0.1, -0.05) is 11.8 Å². The van der Waals surface area contributed by atoms with Crippen molar-refractivity contribution in [2.45, 2.75) is 58.6 Å². The van der Waals surface area contributed by atoms with Crippen molar-refractivity contribution < 1.29 is 14.6 Å². The molecule has 0 radical (unpaired) electrons. The Labute approximate surface area is 180 Å². The molecule has 30 heavy (non-hydrogen) atoms.